The van der Waals surface area contributed by atoms with Crippen LogP contribution >= 0.6 is 11.8 Å². The van der Waals surface area contributed by atoms with Crippen molar-refractivity contribution in [1.82, 2.24) is 0 Å². The molecule has 1 heterocycles. The summed E-state index contributed by atoms with van der Waals surface area (Å²) in [5.41, 5.74) is 0. The Morgan fingerprint density at radius 1 is 0.947 bits per heavy atom. The number of rotatable bonds is 1. The van der Waals surface area contributed by atoms with Crippen LogP contribution in [0.3, 0.4) is 0 Å². The number of carbonyl (C=O) groups is 1. The van der Waals surface area contributed by atoms with E-state index in [4.69, 9.17) is 0 Å². The SMILES string of the molecule is CCC1CC2CC2CCCCCCCCCC(=O)S1. The fourth-order valence-corrected chi connectivity index (χ4v) is 4.54. The Morgan fingerprint density at radius 2 is 1.63 bits per heavy atom. The molecule has 0 radical (unpaired) electrons. The summed E-state index contributed by atoms with van der Waals surface area (Å²) >= 11 is 1.67. The van der Waals surface area contributed by atoms with E-state index < -0.39 is 0 Å². The van der Waals surface area contributed by atoms with Gasteiger partial charge in [-0.3, -0.25) is 4.79 Å². The molecule has 1 aliphatic heterocycles. The molecule has 1 nitrogen and oxygen atoms in total. The average molecular weight is 282 g/mol. The highest BCUT2D eigenvalue weighted by Crippen LogP contribution is 2.47. The van der Waals surface area contributed by atoms with Crippen LogP contribution in [0.2, 0.25) is 0 Å². The minimum Gasteiger partial charge on any atom is -0.287 e. The summed E-state index contributed by atoms with van der Waals surface area (Å²) in [5, 5.41) is 1.06. The van der Waals surface area contributed by atoms with Crippen LogP contribution in [0.25, 0.3) is 0 Å². The zero-order valence-electron chi connectivity index (χ0n) is 12.5. The Hall–Kier alpha value is 0.0200. The van der Waals surface area contributed by atoms with E-state index in [9.17, 15) is 4.79 Å². The van der Waals surface area contributed by atoms with Gasteiger partial charge in [0.2, 0.25) is 0 Å². The molecule has 0 aromatic carbocycles. The Labute approximate surface area is 123 Å². The molecule has 2 rings (SSSR count). The van der Waals surface area contributed by atoms with Crippen LogP contribution in [0.1, 0.15) is 84.0 Å². The zero-order chi connectivity index (χ0) is 13.5. The molecule has 2 fully saturated rings. The number of hydrogen-bond donors (Lipinski definition) is 0. The minimum absolute atomic E-state index is 0.457. The van der Waals surface area contributed by atoms with Gasteiger partial charge in [-0.15, -0.1) is 0 Å². The Morgan fingerprint density at radius 3 is 2.37 bits per heavy atom. The lowest BCUT2D eigenvalue weighted by atomic mass is 10.0. The summed E-state index contributed by atoms with van der Waals surface area (Å²) in [6.07, 6.45) is 15.6. The van der Waals surface area contributed by atoms with Crippen LogP contribution in [0.15, 0.2) is 0 Å². The quantitative estimate of drug-likeness (QED) is 0.625. The summed E-state index contributed by atoms with van der Waals surface area (Å²) in [7, 11) is 0. The third-order valence-corrected chi connectivity index (χ3v) is 6.17. The summed E-state index contributed by atoms with van der Waals surface area (Å²) in [5.74, 6) is 1.96. The van der Waals surface area contributed by atoms with Crippen LogP contribution in [-0.2, 0) is 4.79 Å². The largest absolute Gasteiger partial charge is 0.287 e. The second-order valence-electron chi connectivity index (χ2n) is 6.53. The van der Waals surface area contributed by atoms with E-state index in [2.05, 4.69) is 6.92 Å². The van der Waals surface area contributed by atoms with E-state index in [0.29, 0.717) is 10.4 Å². The fourth-order valence-electron chi connectivity index (χ4n) is 3.39. The van der Waals surface area contributed by atoms with Crippen molar-refractivity contribution in [2.24, 2.45) is 11.8 Å². The fraction of sp³-hybridized carbons (Fsp3) is 0.941. The predicted octanol–water partition coefficient (Wildman–Crippen LogP) is 5.58. The number of hydrogen-bond acceptors (Lipinski definition) is 2. The zero-order valence-corrected chi connectivity index (χ0v) is 13.4. The Bertz CT molecular complexity index is 276. The third kappa shape index (κ3) is 5.89. The average Bonchev–Trinajstić information content (AvgIpc) is 3.13. The molecule has 19 heavy (non-hydrogen) atoms. The van der Waals surface area contributed by atoms with Gasteiger partial charge in [0.15, 0.2) is 5.12 Å². The molecular weight excluding hydrogens is 252 g/mol. The van der Waals surface area contributed by atoms with Crippen LogP contribution in [-0.4, -0.2) is 10.4 Å². The Kier molecular flexibility index (Phi) is 6.76. The molecule has 110 valence electrons. The standard InChI is InChI=1S/C17H30OS/c1-2-16-13-15-12-14(15)10-8-6-4-3-5-7-9-11-17(18)19-16/h14-16H,2-13H2,1H3. The molecule has 3 atom stereocenters. The molecule has 2 heteroatoms. The van der Waals surface area contributed by atoms with Gasteiger partial charge in [-0.1, -0.05) is 63.6 Å². The molecular formula is C17H30OS. The number of thioether (sulfide) groups is 1. The van der Waals surface area contributed by atoms with E-state index in [0.717, 1.165) is 24.7 Å². The van der Waals surface area contributed by atoms with Gasteiger partial charge < -0.3 is 0 Å². The van der Waals surface area contributed by atoms with Crippen molar-refractivity contribution in [3.63, 3.8) is 0 Å². The molecule has 0 aromatic rings. The summed E-state index contributed by atoms with van der Waals surface area (Å²) in [4.78, 5) is 12.0. The second kappa shape index (κ2) is 8.34. The minimum atomic E-state index is 0.457. The lowest BCUT2D eigenvalue weighted by Crippen LogP contribution is -2.07. The van der Waals surface area contributed by atoms with E-state index >= 15 is 0 Å². The Balaban J connectivity index is 1.79. The monoisotopic (exact) mass is 282 g/mol. The first-order valence-electron chi connectivity index (χ1n) is 8.49. The van der Waals surface area contributed by atoms with Crippen molar-refractivity contribution in [3.8, 4) is 0 Å². The molecule has 3 unspecified atom stereocenters. The van der Waals surface area contributed by atoms with E-state index in [1.807, 2.05) is 0 Å². The molecule has 0 aromatic heterocycles. The predicted molar refractivity (Wildman–Crippen MR) is 84.4 cm³/mol. The maximum absolute atomic E-state index is 12.0. The van der Waals surface area contributed by atoms with Crippen LogP contribution in [0.4, 0.5) is 0 Å². The molecule has 1 saturated heterocycles. The van der Waals surface area contributed by atoms with Gasteiger partial charge in [-0.05, 0) is 37.5 Å². The third-order valence-electron chi connectivity index (χ3n) is 4.84. The molecule has 2 aliphatic rings. The van der Waals surface area contributed by atoms with Crippen LogP contribution in [0, 0.1) is 11.8 Å². The first kappa shape index (κ1) is 15.4. The number of carbonyl (C=O) groups excluding carboxylic acids is 1. The van der Waals surface area contributed by atoms with Gasteiger partial charge in [0.1, 0.15) is 0 Å². The molecule has 0 bridgehead atoms. The summed E-state index contributed by atoms with van der Waals surface area (Å²) in [6.45, 7) is 2.25. The first-order chi connectivity index (χ1) is 9.29. The molecule has 1 aliphatic carbocycles. The maximum atomic E-state index is 12.0. The molecule has 0 amide bonds. The van der Waals surface area contributed by atoms with Crippen molar-refractivity contribution in [2.75, 3.05) is 0 Å². The van der Waals surface area contributed by atoms with E-state index in [1.54, 1.807) is 11.8 Å². The van der Waals surface area contributed by atoms with Gasteiger partial charge in [0, 0.05) is 11.7 Å². The summed E-state index contributed by atoms with van der Waals surface area (Å²) in [6, 6.07) is 0. The number of fused-ring (bicyclic) bond motifs is 1. The van der Waals surface area contributed by atoms with Crippen molar-refractivity contribution in [1.29, 1.82) is 0 Å². The first-order valence-corrected chi connectivity index (χ1v) is 9.37. The molecule has 1 saturated carbocycles. The second-order valence-corrected chi connectivity index (χ2v) is 7.88. The normalized spacial score (nSPS) is 35.0. The molecule has 0 N–H and O–H groups in total. The lowest BCUT2D eigenvalue weighted by Gasteiger charge is -2.13. The maximum Gasteiger partial charge on any atom is 0.189 e. The topological polar surface area (TPSA) is 17.1 Å². The van der Waals surface area contributed by atoms with E-state index in [1.165, 1.54) is 64.2 Å². The highest BCUT2D eigenvalue weighted by atomic mass is 32.2. The van der Waals surface area contributed by atoms with Crippen molar-refractivity contribution < 1.29 is 4.79 Å². The van der Waals surface area contributed by atoms with Crippen LogP contribution < -0.4 is 0 Å². The summed E-state index contributed by atoms with van der Waals surface area (Å²) < 4.78 is 0. The van der Waals surface area contributed by atoms with Gasteiger partial charge in [0.25, 0.3) is 0 Å². The van der Waals surface area contributed by atoms with Crippen molar-refractivity contribution in [3.05, 3.63) is 0 Å². The van der Waals surface area contributed by atoms with Gasteiger partial charge in [-0.2, -0.15) is 0 Å². The van der Waals surface area contributed by atoms with Gasteiger partial charge >= 0.3 is 0 Å². The van der Waals surface area contributed by atoms with Gasteiger partial charge in [-0.25, -0.2) is 0 Å². The van der Waals surface area contributed by atoms with E-state index in [-0.39, 0.29) is 0 Å². The highest BCUT2D eigenvalue weighted by Gasteiger charge is 2.37. The van der Waals surface area contributed by atoms with Gasteiger partial charge in [0.05, 0.1) is 0 Å². The highest BCUT2D eigenvalue weighted by molar-refractivity contribution is 8.14. The lowest BCUT2D eigenvalue weighted by molar-refractivity contribution is -0.111. The van der Waals surface area contributed by atoms with Crippen molar-refractivity contribution >= 4 is 16.9 Å². The van der Waals surface area contributed by atoms with Crippen LogP contribution in [0.5, 0.6) is 0 Å². The molecule has 0 spiro atoms. The van der Waals surface area contributed by atoms with Crippen molar-refractivity contribution in [2.45, 2.75) is 89.2 Å². The smallest absolute Gasteiger partial charge is 0.189 e.